The number of nitrogens with one attached hydrogen (secondary N) is 1. The molecular formula is C25H29NO2. The highest BCUT2D eigenvalue weighted by Gasteiger charge is 2.38. The number of Topliss-reactive ketones (excluding diaryl/α,β-unsaturated/α-hetero) is 2. The highest BCUT2D eigenvalue weighted by molar-refractivity contribution is 6.45. The topological polar surface area (TPSA) is 58.0 Å². The Morgan fingerprint density at radius 1 is 0.857 bits per heavy atom. The quantitative estimate of drug-likeness (QED) is 0.497. The summed E-state index contributed by atoms with van der Waals surface area (Å²) in [5.41, 5.74) is 0.598. The number of carbonyl (C=O) groups excluding carboxylic acids is 2. The molecule has 1 N–H and O–H groups in total. The standard InChI is InChI=1S/C25H29NO2/c26-23(25(28)20-13-12-17-6-1-2-8-19(17)16-20)14-15-24(27)22-11-5-9-18-7-3-4-10-21(18)22/h1-2,6,8,12-13,16,18,21-22,26H,3-5,7,9-11,14-15H2. The summed E-state index contributed by atoms with van der Waals surface area (Å²) in [6.45, 7) is 0. The summed E-state index contributed by atoms with van der Waals surface area (Å²) in [5, 5.41) is 10.3. The van der Waals surface area contributed by atoms with E-state index in [1.165, 1.54) is 32.1 Å². The molecule has 3 unspecified atom stereocenters. The van der Waals surface area contributed by atoms with E-state index in [0.717, 1.165) is 29.5 Å². The number of fused-ring (bicyclic) bond motifs is 2. The Hall–Kier alpha value is -2.29. The second-order valence-corrected chi connectivity index (χ2v) is 8.58. The van der Waals surface area contributed by atoms with Gasteiger partial charge in [-0.15, -0.1) is 0 Å². The number of carbonyl (C=O) groups is 2. The zero-order chi connectivity index (χ0) is 19.5. The molecule has 0 spiro atoms. The molecule has 3 nitrogen and oxygen atoms in total. The maximum atomic E-state index is 12.9. The fraction of sp³-hybridized carbons (Fsp3) is 0.480. The summed E-state index contributed by atoms with van der Waals surface area (Å²) in [6, 6.07) is 13.5. The monoisotopic (exact) mass is 375 g/mol. The van der Waals surface area contributed by atoms with E-state index in [1.54, 1.807) is 6.07 Å². The van der Waals surface area contributed by atoms with E-state index in [1.807, 2.05) is 36.4 Å². The van der Waals surface area contributed by atoms with E-state index in [0.29, 0.717) is 17.9 Å². The van der Waals surface area contributed by atoms with Crippen molar-refractivity contribution in [3.05, 3.63) is 48.0 Å². The predicted molar refractivity (Wildman–Crippen MR) is 113 cm³/mol. The first-order valence-electron chi connectivity index (χ1n) is 10.8. The van der Waals surface area contributed by atoms with Crippen LogP contribution in [0.2, 0.25) is 0 Å². The van der Waals surface area contributed by atoms with Gasteiger partial charge >= 0.3 is 0 Å². The van der Waals surface area contributed by atoms with Crippen LogP contribution >= 0.6 is 0 Å². The second-order valence-electron chi connectivity index (χ2n) is 8.58. The fourth-order valence-electron chi connectivity index (χ4n) is 5.39. The lowest BCUT2D eigenvalue weighted by molar-refractivity contribution is -0.127. The lowest BCUT2D eigenvalue weighted by Crippen LogP contribution is -2.35. The van der Waals surface area contributed by atoms with Gasteiger partial charge in [-0.05, 0) is 47.9 Å². The average Bonchev–Trinajstić information content (AvgIpc) is 2.76. The lowest BCUT2D eigenvalue weighted by Gasteiger charge is -2.40. The summed E-state index contributed by atoms with van der Waals surface area (Å²) in [6.07, 6.45) is 9.08. The van der Waals surface area contributed by atoms with Gasteiger partial charge < -0.3 is 5.41 Å². The first kappa shape index (κ1) is 19.0. The van der Waals surface area contributed by atoms with Crippen LogP contribution < -0.4 is 0 Å². The SMILES string of the molecule is N=C(CCC(=O)C1CCCC2CCCCC21)C(=O)c1ccc2ccccc2c1. The van der Waals surface area contributed by atoms with Crippen LogP contribution in [0.3, 0.4) is 0 Å². The van der Waals surface area contributed by atoms with Gasteiger partial charge in [-0.25, -0.2) is 0 Å². The van der Waals surface area contributed by atoms with Crippen LogP contribution in [-0.2, 0) is 4.79 Å². The van der Waals surface area contributed by atoms with Gasteiger partial charge in [-0.2, -0.15) is 0 Å². The van der Waals surface area contributed by atoms with E-state index in [-0.39, 0.29) is 29.6 Å². The highest BCUT2D eigenvalue weighted by atomic mass is 16.1. The average molecular weight is 376 g/mol. The Kier molecular flexibility index (Phi) is 5.70. The highest BCUT2D eigenvalue weighted by Crippen LogP contribution is 2.44. The number of benzene rings is 2. The molecule has 0 saturated heterocycles. The van der Waals surface area contributed by atoms with Crippen LogP contribution in [0.4, 0.5) is 0 Å². The van der Waals surface area contributed by atoms with Gasteiger partial charge in [0.15, 0.2) is 0 Å². The second kappa shape index (κ2) is 8.38. The van der Waals surface area contributed by atoms with Crippen molar-refractivity contribution in [3.63, 3.8) is 0 Å². The van der Waals surface area contributed by atoms with Crippen LogP contribution in [0.15, 0.2) is 42.5 Å². The maximum absolute atomic E-state index is 12.9. The Bertz CT molecular complexity index is 898. The maximum Gasteiger partial charge on any atom is 0.206 e. The molecule has 3 heteroatoms. The number of ketones is 2. The summed E-state index contributed by atoms with van der Waals surface area (Å²) >= 11 is 0. The zero-order valence-corrected chi connectivity index (χ0v) is 16.5. The molecule has 2 aliphatic carbocycles. The molecule has 3 atom stereocenters. The number of hydrogen-bond donors (Lipinski definition) is 1. The molecule has 2 aliphatic rings. The molecule has 28 heavy (non-hydrogen) atoms. The Balaban J connectivity index is 1.37. The largest absolute Gasteiger partial charge is 0.301 e. The van der Waals surface area contributed by atoms with Crippen molar-refractivity contribution < 1.29 is 9.59 Å². The normalized spacial score (nSPS) is 24.5. The van der Waals surface area contributed by atoms with Gasteiger partial charge in [-0.1, -0.05) is 68.5 Å². The van der Waals surface area contributed by atoms with Gasteiger partial charge in [-0.3, -0.25) is 9.59 Å². The van der Waals surface area contributed by atoms with Crippen molar-refractivity contribution in [3.8, 4) is 0 Å². The van der Waals surface area contributed by atoms with Crippen molar-refractivity contribution in [1.82, 2.24) is 0 Å². The smallest absolute Gasteiger partial charge is 0.206 e. The minimum atomic E-state index is -0.252. The van der Waals surface area contributed by atoms with Gasteiger partial charge in [0, 0.05) is 17.9 Å². The van der Waals surface area contributed by atoms with Crippen LogP contribution in [-0.4, -0.2) is 17.3 Å². The van der Waals surface area contributed by atoms with E-state index in [2.05, 4.69) is 0 Å². The van der Waals surface area contributed by atoms with Crippen molar-refractivity contribution in [2.75, 3.05) is 0 Å². The first-order chi connectivity index (χ1) is 13.6. The molecule has 0 heterocycles. The van der Waals surface area contributed by atoms with Crippen molar-refractivity contribution >= 4 is 28.1 Å². The molecule has 2 aromatic rings. The lowest BCUT2D eigenvalue weighted by atomic mass is 9.64. The first-order valence-corrected chi connectivity index (χ1v) is 10.8. The molecule has 4 rings (SSSR count). The molecule has 0 bridgehead atoms. The molecule has 2 fully saturated rings. The van der Waals surface area contributed by atoms with Gasteiger partial charge in [0.1, 0.15) is 5.78 Å². The third kappa shape index (κ3) is 3.94. The fourth-order valence-corrected chi connectivity index (χ4v) is 5.39. The van der Waals surface area contributed by atoms with Gasteiger partial charge in [0.05, 0.1) is 5.71 Å². The molecule has 0 radical (unpaired) electrons. The molecule has 0 aliphatic heterocycles. The molecule has 2 saturated carbocycles. The third-order valence-electron chi connectivity index (χ3n) is 6.90. The molecule has 0 aromatic heterocycles. The molecular weight excluding hydrogens is 346 g/mol. The van der Waals surface area contributed by atoms with E-state index in [4.69, 9.17) is 5.41 Å². The van der Waals surface area contributed by atoms with Gasteiger partial charge in [0.25, 0.3) is 0 Å². The van der Waals surface area contributed by atoms with E-state index in [9.17, 15) is 9.59 Å². The predicted octanol–water partition coefficient (Wildman–Crippen LogP) is 6.00. The third-order valence-corrected chi connectivity index (χ3v) is 6.90. The minimum Gasteiger partial charge on any atom is -0.301 e. The number of rotatable bonds is 6. The van der Waals surface area contributed by atoms with Gasteiger partial charge in [0.2, 0.25) is 5.78 Å². The Morgan fingerprint density at radius 2 is 1.61 bits per heavy atom. The molecule has 146 valence electrons. The summed E-state index contributed by atoms with van der Waals surface area (Å²) in [7, 11) is 0. The van der Waals surface area contributed by atoms with Crippen molar-refractivity contribution in [2.24, 2.45) is 17.8 Å². The van der Waals surface area contributed by atoms with Crippen LogP contribution in [0.1, 0.15) is 68.1 Å². The molecule has 0 amide bonds. The van der Waals surface area contributed by atoms with Crippen LogP contribution in [0, 0.1) is 23.2 Å². The minimum absolute atomic E-state index is 0.0552. The van der Waals surface area contributed by atoms with Crippen LogP contribution in [0.25, 0.3) is 10.8 Å². The Labute approximate surface area is 167 Å². The van der Waals surface area contributed by atoms with E-state index >= 15 is 0 Å². The zero-order valence-electron chi connectivity index (χ0n) is 16.5. The van der Waals surface area contributed by atoms with Crippen molar-refractivity contribution in [2.45, 2.75) is 57.8 Å². The summed E-state index contributed by atoms with van der Waals surface area (Å²) in [4.78, 5) is 25.6. The summed E-state index contributed by atoms with van der Waals surface area (Å²) < 4.78 is 0. The van der Waals surface area contributed by atoms with Crippen molar-refractivity contribution in [1.29, 1.82) is 5.41 Å². The molecule has 2 aromatic carbocycles. The Morgan fingerprint density at radius 3 is 2.46 bits per heavy atom. The summed E-state index contributed by atoms with van der Waals surface area (Å²) in [5.74, 6) is 1.49. The van der Waals surface area contributed by atoms with E-state index < -0.39 is 0 Å². The van der Waals surface area contributed by atoms with Crippen LogP contribution in [0.5, 0.6) is 0 Å². The number of hydrogen-bond acceptors (Lipinski definition) is 3.